The van der Waals surface area contributed by atoms with Crippen LogP contribution in [0.1, 0.15) is 39.0 Å². The maximum atomic E-state index is 9.07. The Morgan fingerprint density at radius 3 is 2.55 bits per heavy atom. The van der Waals surface area contributed by atoms with E-state index in [0.29, 0.717) is 6.61 Å². The second-order valence-electron chi connectivity index (χ2n) is 3.57. The van der Waals surface area contributed by atoms with Crippen molar-refractivity contribution in [2.45, 2.75) is 44.6 Å². The molecule has 11 heavy (non-hydrogen) atoms. The summed E-state index contributed by atoms with van der Waals surface area (Å²) < 4.78 is 0. The molecule has 1 saturated carbocycles. The first-order valence-electron chi connectivity index (χ1n) is 4.69. The van der Waals surface area contributed by atoms with E-state index < -0.39 is 0 Å². The number of unbranched alkanes of at least 4 members (excludes halogenated alkanes) is 1. The van der Waals surface area contributed by atoms with Crippen molar-refractivity contribution in [1.82, 2.24) is 5.32 Å². The van der Waals surface area contributed by atoms with Gasteiger partial charge >= 0.3 is 0 Å². The van der Waals surface area contributed by atoms with Crippen LogP contribution in [0.4, 0.5) is 0 Å². The fraction of sp³-hybridized carbons (Fsp3) is 1.00. The molecule has 2 N–H and O–H groups in total. The highest BCUT2D eigenvalue weighted by molar-refractivity contribution is 4.95. The van der Waals surface area contributed by atoms with Crippen LogP contribution in [0.15, 0.2) is 0 Å². The zero-order valence-corrected chi connectivity index (χ0v) is 7.40. The number of rotatable bonds is 5. The first-order valence-corrected chi connectivity index (χ1v) is 4.69. The van der Waals surface area contributed by atoms with Gasteiger partial charge in [-0.1, -0.05) is 13.3 Å². The van der Waals surface area contributed by atoms with Crippen LogP contribution in [0.3, 0.4) is 0 Å². The molecule has 0 aromatic heterocycles. The minimum atomic E-state index is 0.120. The molecule has 1 aliphatic rings. The van der Waals surface area contributed by atoms with Gasteiger partial charge in [0.2, 0.25) is 0 Å². The molecule has 0 heterocycles. The summed E-state index contributed by atoms with van der Waals surface area (Å²) in [6.07, 6.45) is 6.05. The molecule has 2 nitrogen and oxygen atoms in total. The van der Waals surface area contributed by atoms with E-state index in [9.17, 15) is 0 Å². The highest BCUT2D eigenvalue weighted by atomic mass is 16.3. The van der Waals surface area contributed by atoms with Crippen LogP contribution in [-0.2, 0) is 0 Å². The molecule has 66 valence electrons. The molecule has 0 atom stereocenters. The molecular weight excluding hydrogens is 138 g/mol. The summed E-state index contributed by atoms with van der Waals surface area (Å²) in [5.74, 6) is 0. The topological polar surface area (TPSA) is 32.3 Å². The SMILES string of the molecule is CCCCNC1(CO)CCC1. The fourth-order valence-electron chi connectivity index (χ4n) is 1.52. The van der Waals surface area contributed by atoms with Gasteiger partial charge in [-0.25, -0.2) is 0 Å². The Morgan fingerprint density at radius 2 is 2.18 bits per heavy atom. The van der Waals surface area contributed by atoms with Crippen LogP contribution in [0.5, 0.6) is 0 Å². The Hall–Kier alpha value is -0.0800. The van der Waals surface area contributed by atoms with Gasteiger partial charge in [0.05, 0.1) is 6.61 Å². The maximum Gasteiger partial charge on any atom is 0.0613 e. The van der Waals surface area contributed by atoms with Crippen LogP contribution < -0.4 is 5.32 Å². The van der Waals surface area contributed by atoms with Gasteiger partial charge in [-0.15, -0.1) is 0 Å². The lowest BCUT2D eigenvalue weighted by molar-refractivity contribution is 0.0888. The number of hydrogen-bond acceptors (Lipinski definition) is 2. The van der Waals surface area contributed by atoms with E-state index >= 15 is 0 Å². The summed E-state index contributed by atoms with van der Waals surface area (Å²) in [6.45, 7) is 3.57. The minimum absolute atomic E-state index is 0.120. The highest BCUT2D eigenvalue weighted by Crippen LogP contribution is 2.30. The van der Waals surface area contributed by atoms with Gasteiger partial charge in [0.15, 0.2) is 0 Å². The van der Waals surface area contributed by atoms with Crippen molar-refractivity contribution >= 4 is 0 Å². The molecule has 0 amide bonds. The quantitative estimate of drug-likeness (QED) is 0.589. The Balaban J connectivity index is 2.11. The summed E-state index contributed by atoms with van der Waals surface area (Å²) in [7, 11) is 0. The van der Waals surface area contributed by atoms with Crippen molar-refractivity contribution < 1.29 is 5.11 Å². The molecule has 0 radical (unpaired) electrons. The summed E-state index contributed by atoms with van der Waals surface area (Å²) in [5.41, 5.74) is 0.120. The average Bonchev–Trinajstić information content (AvgIpc) is 1.95. The first kappa shape index (κ1) is 9.01. The number of aliphatic hydroxyl groups is 1. The van der Waals surface area contributed by atoms with E-state index in [1.54, 1.807) is 0 Å². The standard InChI is InChI=1S/C9H19NO/c1-2-3-7-10-9(8-11)5-4-6-9/h10-11H,2-8H2,1H3. The molecule has 0 aromatic carbocycles. The van der Waals surface area contributed by atoms with Gasteiger partial charge in [-0.3, -0.25) is 0 Å². The third-order valence-electron chi connectivity index (χ3n) is 2.64. The van der Waals surface area contributed by atoms with Crippen molar-refractivity contribution in [3.8, 4) is 0 Å². The number of hydrogen-bond donors (Lipinski definition) is 2. The Bertz CT molecular complexity index is 105. The second-order valence-corrected chi connectivity index (χ2v) is 3.57. The zero-order chi connectivity index (χ0) is 8.16. The molecule has 1 aliphatic carbocycles. The van der Waals surface area contributed by atoms with E-state index in [1.807, 2.05) is 0 Å². The Morgan fingerprint density at radius 1 is 1.45 bits per heavy atom. The highest BCUT2D eigenvalue weighted by Gasteiger charge is 2.35. The predicted molar refractivity (Wildman–Crippen MR) is 46.6 cm³/mol. The van der Waals surface area contributed by atoms with Gasteiger partial charge in [0.1, 0.15) is 0 Å². The molecule has 1 rings (SSSR count). The van der Waals surface area contributed by atoms with Crippen molar-refractivity contribution in [1.29, 1.82) is 0 Å². The molecule has 0 saturated heterocycles. The number of nitrogens with one attached hydrogen (secondary N) is 1. The van der Waals surface area contributed by atoms with Crippen LogP contribution in [0.25, 0.3) is 0 Å². The summed E-state index contributed by atoms with van der Waals surface area (Å²) >= 11 is 0. The van der Waals surface area contributed by atoms with E-state index in [4.69, 9.17) is 5.11 Å². The molecule has 0 spiro atoms. The van der Waals surface area contributed by atoms with Crippen molar-refractivity contribution in [2.75, 3.05) is 13.2 Å². The Kier molecular flexibility index (Phi) is 3.34. The van der Waals surface area contributed by atoms with Gasteiger partial charge in [-0.2, -0.15) is 0 Å². The lowest BCUT2D eigenvalue weighted by Crippen LogP contribution is -2.54. The lowest BCUT2D eigenvalue weighted by Gasteiger charge is -2.41. The summed E-state index contributed by atoms with van der Waals surface area (Å²) in [5, 5.41) is 12.5. The Labute approximate surface area is 69.0 Å². The van der Waals surface area contributed by atoms with Gasteiger partial charge in [0, 0.05) is 5.54 Å². The van der Waals surface area contributed by atoms with Crippen LogP contribution >= 0.6 is 0 Å². The predicted octanol–water partition coefficient (Wildman–Crippen LogP) is 1.29. The lowest BCUT2D eigenvalue weighted by atomic mass is 9.77. The fourth-order valence-corrected chi connectivity index (χ4v) is 1.52. The average molecular weight is 157 g/mol. The van der Waals surface area contributed by atoms with E-state index in [2.05, 4.69) is 12.2 Å². The van der Waals surface area contributed by atoms with Gasteiger partial charge < -0.3 is 10.4 Å². The molecule has 1 fully saturated rings. The van der Waals surface area contributed by atoms with Crippen molar-refractivity contribution in [2.24, 2.45) is 0 Å². The van der Waals surface area contributed by atoms with E-state index in [0.717, 1.165) is 19.4 Å². The molecule has 0 bridgehead atoms. The van der Waals surface area contributed by atoms with E-state index in [-0.39, 0.29) is 5.54 Å². The molecule has 2 heteroatoms. The zero-order valence-electron chi connectivity index (χ0n) is 7.40. The van der Waals surface area contributed by atoms with Crippen molar-refractivity contribution in [3.05, 3.63) is 0 Å². The van der Waals surface area contributed by atoms with E-state index in [1.165, 1.54) is 19.3 Å². The van der Waals surface area contributed by atoms with Crippen LogP contribution in [0.2, 0.25) is 0 Å². The van der Waals surface area contributed by atoms with Gasteiger partial charge in [0.25, 0.3) is 0 Å². The monoisotopic (exact) mass is 157 g/mol. The smallest absolute Gasteiger partial charge is 0.0613 e. The minimum Gasteiger partial charge on any atom is -0.394 e. The summed E-state index contributed by atoms with van der Waals surface area (Å²) in [4.78, 5) is 0. The summed E-state index contributed by atoms with van der Waals surface area (Å²) in [6, 6.07) is 0. The molecule has 0 aliphatic heterocycles. The number of aliphatic hydroxyl groups excluding tert-OH is 1. The van der Waals surface area contributed by atoms with Crippen LogP contribution in [-0.4, -0.2) is 23.8 Å². The third kappa shape index (κ3) is 2.17. The molecular formula is C9H19NO. The first-order chi connectivity index (χ1) is 5.33. The van der Waals surface area contributed by atoms with Crippen LogP contribution in [0, 0.1) is 0 Å². The molecule has 0 unspecified atom stereocenters. The van der Waals surface area contributed by atoms with Gasteiger partial charge in [-0.05, 0) is 32.2 Å². The second kappa shape index (κ2) is 4.07. The normalized spacial score (nSPS) is 21.3. The third-order valence-corrected chi connectivity index (χ3v) is 2.64. The van der Waals surface area contributed by atoms with Crippen molar-refractivity contribution in [3.63, 3.8) is 0 Å². The maximum absolute atomic E-state index is 9.07. The largest absolute Gasteiger partial charge is 0.394 e. The molecule has 0 aromatic rings.